The van der Waals surface area contributed by atoms with E-state index < -0.39 is 0 Å². The quantitative estimate of drug-likeness (QED) is 0.657. The molecule has 0 aromatic heterocycles. The first-order valence-electron chi connectivity index (χ1n) is 7.59. The number of aliphatic hydroxyl groups excluding tert-OH is 1. The maximum Gasteiger partial charge on any atom is 0.115 e. The standard InChI is InChI=1S/C11H24O.C6H6O/c1-3-4-5-6-7-8-9-10-11(2)12;7-6-4-2-1-3-5-6/h11-12H,3-10H2,1-2H3;1-5,7H. The second-order valence-electron chi connectivity index (χ2n) is 5.09. The summed E-state index contributed by atoms with van der Waals surface area (Å²) in [7, 11) is 0. The van der Waals surface area contributed by atoms with E-state index in [9.17, 15) is 0 Å². The Morgan fingerprint density at radius 1 is 0.895 bits per heavy atom. The molecule has 0 amide bonds. The monoisotopic (exact) mass is 266 g/mol. The number of para-hydroxylation sites is 1. The van der Waals surface area contributed by atoms with Crippen LogP contribution in [0.5, 0.6) is 5.75 Å². The minimum absolute atomic E-state index is 0.0966. The van der Waals surface area contributed by atoms with E-state index in [2.05, 4.69) is 6.92 Å². The topological polar surface area (TPSA) is 40.5 Å². The molecule has 0 aliphatic rings. The highest BCUT2D eigenvalue weighted by Gasteiger charge is 1.95. The van der Waals surface area contributed by atoms with E-state index in [1.807, 2.05) is 13.0 Å². The van der Waals surface area contributed by atoms with Crippen molar-refractivity contribution in [3.05, 3.63) is 30.3 Å². The summed E-state index contributed by atoms with van der Waals surface area (Å²) in [5, 5.41) is 17.6. The van der Waals surface area contributed by atoms with Crippen LogP contribution in [0.2, 0.25) is 0 Å². The van der Waals surface area contributed by atoms with Crippen molar-refractivity contribution in [3.8, 4) is 5.75 Å². The van der Waals surface area contributed by atoms with Gasteiger partial charge in [-0.25, -0.2) is 0 Å². The van der Waals surface area contributed by atoms with Gasteiger partial charge in [0.25, 0.3) is 0 Å². The average molecular weight is 266 g/mol. The number of hydrogen-bond acceptors (Lipinski definition) is 2. The highest BCUT2D eigenvalue weighted by Crippen LogP contribution is 2.09. The van der Waals surface area contributed by atoms with Crippen LogP contribution < -0.4 is 0 Å². The third kappa shape index (κ3) is 14.9. The maximum atomic E-state index is 8.99. The fourth-order valence-electron chi connectivity index (χ4n) is 1.82. The lowest BCUT2D eigenvalue weighted by Crippen LogP contribution is -1.98. The molecule has 2 N–H and O–H groups in total. The van der Waals surface area contributed by atoms with Gasteiger partial charge in [0.15, 0.2) is 0 Å². The highest BCUT2D eigenvalue weighted by atomic mass is 16.3. The molecule has 1 atom stereocenters. The van der Waals surface area contributed by atoms with Gasteiger partial charge in [0.2, 0.25) is 0 Å². The van der Waals surface area contributed by atoms with Gasteiger partial charge in [0.05, 0.1) is 6.10 Å². The van der Waals surface area contributed by atoms with Crippen molar-refractivity contribution in [2.45, 2.75) is 71.3 Å². The van der Waals surface area contributed by atoms with Crippen LogP contribution >= 0.6 is 0 Å². The van der Waals surface area contributed by atoms with Crippen LogP contribution in [0.4, 0.5) is 0 Å². The molecule has 110 valence electrons. The molecular formula is C17H30O2. The summed E-state index contributed by atoms with van der Waals surface area (Å²) in [4.78, 5) is 0. The normalized spacial score (nSPS) is 11.5. The molecule has 0 radical (unpaired) electrons. The number of aromatic hydroxyl groups is 1. The smallest absolute Gasteiger partial charge is 0.115 e. The largest absolute Gasteiger partial charge is 0.508 e. The van der Waals surface area contributed by atoms with Gasteiger partial charge in [-0.05, 0) is 25.5 Å². The van der Waals surface area contributed by atoms with Crippen molar-refractivity contribution in [2.24, 2.45) is 0 Å². The second kappa shape index (κ2) is 13.4. The Hall–Kier alpha value is -1.02. The van der Waals surface area contributed by atoms with E-state index in [0.29, 0.717) is 5.75 Å². The zero-order valence-corrected chi connectivity index (χ0v) is 12.5. The number of benzene rings is 1. The minimum Gasteiger partial charge on any atom is -0.508 e. The fourth-order valence-corrected chi connectivity index (χ4v) is 1.82. The van der Waals surface area contributed by atoms with E-state index >= 15 is 0 Å². The van der Waals surface area contributed by atoms with Crippen LogP contribution in [0.15, 0.2) is 30.3 Å². The van der Waals surface area contributed by atoms with Crippen LogP contribution in [0.25, 0.3) is 0 Å². The Balaban J connectivity index is 0.000000388. The molecular weight excluding hydrogens is 236 g/mol. The first-order valence-corrected chi connectivity index (χ1v) is 7.59. The second-order valence-corrected chi connectivity index (χ2v) is 5.09. The van der Waals surface area contributed by atoms with E-state index in [0.717, 1.165) is 6.42 Å². The third-order valence-electron chi connectivity index (χ3n) is 2.98. The number of unbranched alkanes of at least 4 members (excludes halogenated alkanes) is 6. The first kappa shape index (κ1) is 18.0. The molecule has 1 aromatic carbocycles. The number of phenolic OH excluding ortho intramolecular Hbond substituents is 1. The van der Waals surface area contributed by atoms with Crippen LogP contribution in [0, 0.1) is 0 Å². The Bertz CT molecular complexity index is 270. The van der Waals surface area contributed by atoms with E-state index in [1.54, 1.807) is 24.3 Å². The molecule has 1 rings (SSSR count). The summed E-state index contributed by atoms with van der Waals surface area (Å²) in [6, 6.07) is 8.71. The predicted molar refractivity (Wildman–Crippen MR) is 82.4 cm³/mol. The van der Waals surface area contributed by atoms with Crippen molar-refractivity contribution in [2.75, 3.05) is 0 Å². The Labute approximate surface area is 118 Å². The number of hydrogen-bond donors (Lipinski definition) is 2. The molecule has 0 saturated carbocycles. The molecule has 2 nitrogen and oxygen atoms in total. The number of phenols is 1. The third-order valence-corrected chi connectivity index (χ3v) is 2.98. The molecule has 0 spiro atoms. The molecule has 1 aromatic rings. The molecule has 0 fully saturated rings. The Morgan fingerprint density at radius 3 is 1.84 bits per heavy atom. The molecule has 0 heterocycles. The zero-order valence-electron chi connectivity index (χ0n) is 12.5. The van der Waals surface area contributed by atoms with Crippen LogP contribution in [0.3, 0.4) is 0 Å². The van der Waals surface area contributed by atoms with Gasteiger partial charge in [0.1, 0.15) is 5.75 Å². The average Bonchev–Trinajstić information content (AvgIpc) is 2.39. The van der Waals surface area contributed by atoms with Crippen molar-refractivity contribution in [1.29, 1.82) is 0 Å². The van der Waals surface area contributed by atoms with Gasteiger partial charge in [0, 0.05) is 0 Å². The SMILES string of the molecule is CCCCCCCCCC(C)O.Oc1ccccc1. The summed E-state index contributed by atoms with van der Waals surface area (Å²) >= 11 is 0. The Kier molecular flexibility index (Phi) is 12.7. The molecule has 0 aliphatic carbocycles. The fraction of sp³-hybridized carbons (Fsp3) is 0.647. The van der Waals surface area contributed by atoms with Gasteiger partial charge in [-0.2, -0.15) is 0 Å². The van der Waals surface area contributed by atoms with E-state index in [-0.39, 0.29) is 6.10 Å². The maximum absolute atomic E-state index is 8.99. The van der Waals surface area contributed by atoms with Crippen molar-refractivity contribution in [1.82, 2.24) is 0 Å². The van der Waals surface area contributed by atoms with Gasteiger partial charge >= 0.3 is 0 Å². The summed E-state index contributed by atoms with van der Waals surface area (Å²) in [6.45, 7) is 4.12. The Morgan fingerprint density at radius 2 is 1.42 bits per heavy atom. The number of rotatable bonds is 8. The van der Waals surface area contributed by atoms with Crippen LogP contribution in [0.1, 0.15) is 65.2 Å². The van der Waals surface area contributed by atoms with Gasteiger partial charge in [-0.3, -0.25) is 0 Å². The molecule has 0 bridgehead atoms. The summed E-state index contributed by atoms with van der Waals surface area (Å²) < 4.78 is 0. The zero-order chi connectivity index (χ0) is 14.3. The lowest BCUT2D eigenvalue weighted by atomic mass is 10.1. The van der Waals surface area contributed by atoms with Gasteiger partial charge in [-0.15, -0.1) is 0 Å². The van der Waals surface area contributed by atoms with Crippen molar-refractivity contribution < 1.29 is 10.2 Å². The van der Waals surface area contributed by atoms with Crippen LogP contribution in [-0.4, -0.2) is 16.3 Å². The highest BCUT2D eigenvalue weighted by molar-refractivity contribution is 5.18. The van der Waals surface area contributed by atoms with E-state index in [1.165, 1.54) is 44.9 Å². The van der Waals surface area contributed by atoms with Gasteiger partial charge in [-0.1, -0.05) is 70.1 Å². The van der Waals surface area contributed by atoms with E-state index in [4.69, 9.17) is 10.2 Å². The van der Waals surface area contributed by atoms with Gasteiger partial charge < -0.3 is 10.2 Å². The summed E-state index contributed by atoms with van der Waals surface area (Å²) in [6.07, 6.45) is 10.2. The molecule has 0 saturated heterocycles. The van der Waals surface area contributed by atoms with Crippen LogP contribution in [-0.2, 0) is 0 Å². The first-order chi connectivity index (χ1) is 9.16. The number of aliphatic hydroxyl groups is 1. The molecule has 19 heavy (non-hydrogen) atoms. The minimum atomic E-state index is -0.0966. The molecule has 0 aliphatic heterocycles. The summed E-state index contributed by atoms with van der Waals surface area (Å²) in [5.41, 5.74) is 0. The lowest BCUT2D eigenvalue weighted by Gasteiger charge is -2.03. The summed E-state index contributed by atoms with van der Waals surface area (Å²) in [5.74, 6) is 0.322. The molecule has 1 unspecified atom stereocenters. The predicted octanol–water partition coefficient (Wildman–Crippen LogP) is 4.90. The lowest BCUT2D eigenvalue weighted by molar-refractivity contribution is 0.180. The molecule has 2 heteroatoms. The van der Waals surface area contributed by atoms with Crippen molar-refractivity contribution in [3.63, 3.8) is 0 Å². The van der Waals surface area contributed by atoms with Crippen molar-refractivity contribution >= 4 is 0 Å².